The molecular formula is C21H27F3N2O5S. The number of hydrogen-bond acceptors (Lipinski definition) is 6. The van der Waals surface area contributed by atoms with Crippen molar-refractivity contribution < 1.29 is 37.1 Å². The highest BCUT2D eigenvalue weighted by Crippen LogP contribution is 2.20. The van der Waals surface area contributed by atoms with Crippen LogP contribution in [0.1, 0.15) is 50.9 Å². The van der Waals surface area contributed by atoms with Gasteiger partial charge in [0.1, 0.15) is 11.6 Å². The van der Waals surface area contributed by atoms with E-state index in [-0.39, 0.29) is 24.4 Å². The number of carbonyl (C=O) groups is 4. The number of Topliss-reactive ketones (excluding diaryl/α,β-unsaturated/α-hetero) is 2. The largest absolute Gasteiger partial charge is 0.450 e. The minimum Gasteiger partial charge on any atom is -0.444 e. The fourth-order valence-corrected chi connectivity index (χ4v) is 3.26. The highest BCUT2D eigenvalue weighted by Gasteiger charge is 2.37. The van der Waals surface area contributed by atoms with Gasteiger partial charge in [-0.3, -0.25) is 14.4 Å². The number of ether oxygens (including phenoxy) is 1. The van der Waals surface area contributed by atoms with Crippen LogP contribution in [-0.4, -0.2) is 52.9 Å². The van der Waals surface area contributed by atoms with Crippen LogP contribution in [0.15, 0.2) is 24.3 Å². The Bertz CT molecular complexity index is 837. The summed E-state index contributed by atoms with van der Waals surface area (Å²) in [4.78, 5) is 47.3. The van der Waals surface area contributed by atoms with Gasteiger partial charge in [0, 0.05) is 11.3 Å². The molecule has 2 amide bonds. The van der Waals surface area contributed by atoms with Crippen molar-refractivity contribution in [2.45, 2.75) is 58.4 Å². The number of carbonyl (C=O) groups excluding carboxylic acids is 4. The van der Waals surface area contributed by atoms with Crippen molar-refractivity contribution in [3.8, 4) is 0 Å². The average Bonchev–Trinajstić information content (AvgIpc) is 2.64. The number of amides is 2. The lowest BCUT2D eigenvalue weighted by molar-refractivity contribution is -0.167. The van der Waals surface area contributed by atoms with Crippen molar-refractivity contribution in [2.75, 3.05) is 16.8 Å². The number of ketones is 2. The van der Waals surface area contributed by atoms with Gasteiger partial charge in [0.05, 0.1) is 5.75 Å². The van der Waals surface area contributed by atoms with Gasteiger partial charge in [-0.05, 0) is 58.4 Å². The third-order valence-corrected chi connectivity index (χ3v) is 4.92. The summed E-state index contributed by atoms with van der Waals surface area (Å²) in [5.41, 5.74) is -0.0524. The standard InChI is InChI=1S/C21H27F3N2O5S/c1-13(27)14-7-5-8-15(11-14)25-18(29)16(26-19(30)31-20(2,3)4)9-6-10-32-12-17(28)21(22,23)24/h5,7-8,11,16H,6,9-10,12H2,1-4H3,(H,25,29)(H,26,30)/t16-/m0/s1. The molecule has 0 fully saturated rings. The van der Waals surface area contributed by atoms with Crippen LogP contribution < -0.4 is 10.6 Å². The zero-order valence-corrected chi connectivity index (χ0v) is 19.1. The molecule has 1 aromatic carbocycles. The van der Waals surface area contributed by atoms with Gasteiger partial charge in [0.2, 0.25) is 11.7 Å². The minimum absolute atomic E-state index is 0.102. The first-order valence-electron chi connectivity index (χ1n) is 9.78. The molecule has 0 unspecified atom stereocenters. The smallest absolute Gasteiger partial charge is 0.444 e. The van der Waals surface area contributed by atoms with E-state index < -0.39 is 41.4 Å². The van der Waals surface area contributed by atoms with Crippen LogP contribution in [0, 0.1) is 0 Å². The van der Waals surface area contributed by atoms with Gasteiger partial charge in [-0.2, -0.15) is 24.9 Å². The summed E-state index contributed by atoms with van der Waals surface area (Å²) < 4.78 is 41.9. The second-order valence-electron chi connectivity index (χ2n) is 7.94. The maximum atomic E-state index is 12.7. The quantitative estimate of drug-likeness (QED) is 0.384. The fourth-order valence-electron chi connectivity index (χ4n) is 2.40. The third-order valence-electron chi connectivity index (χ3n) is 3.87. The molecule has 7 nitrogen and oxygen atoms in total. The Morgan fingerprint density at radius 2 is 1.78 bits per heavy atom. The second kappa shape index (κ2) is 11.9. The molecule has 1 rings (SSSR count). The first-order chi connectivity index (χ1) is 14.7. The van der Waals surface area contributed by atoms with Crippen molar-refractivity contribution >= 4 is 41.0 Å². The van der Waals surface area contributed by atoms with Crippen LogP contribution in [0.5, 0.6) is 0 Å². The second-order valence-corrected chi connectivity index (χ2v) is 9.05. The maximum absolute atomic E-state index is 12.7. The number of thioether (sulfide) groups is 1. The Hall–Kier alpha value is -2.56. The molecule has 0 heterocycles. The van der Waals surface area contributed by atoms with Gasteiger partial charge in [0.25, 0.3) is 0 Å². The molecular weight excluding hydrogens is 449 g/mol. The van der Waals surface area contributed by atoms with Crippen LogP contribution in [0.4, 0.5) is 23.7 Å². The van der Waals surface area contributed by atoms with E-state index >= 15 is 0 Å². The highest BCUT2D eigenvalue weighted by molar-refractivity contribution is 7.99. The van der Waals surface area contributed by atoms with E-state index in [1.54, 1.807) is 39.0 Å². The number of halogens is 3. The van der Waals surface area contributed by atoms with Crippen molar-refractivity contribution in [2.24, 2.45) is 0 Å². The number of nitrogens with one attached hydrogen (secondary N) is 2. The predicted molar refractivity (Wildman–Crippen MR) is 116 cm³/mol. The Morgan fingerprint density at radius 3 is 2.34 bits per heavy atom. The molecule has 0 aliphatic rings. The van der Waals surface area contributed by atoms with Crippen LogP contribution in [-0.2, 0) is 14.3 Å². The van der Waals surface area contributed by atoms with Gasteiger partial charge in [0.15, 0.2) is 5.78 Å². The molecule has 32 heavy (non-hydrogen) atoms. The maximum Gasteiger partial charge on any atom is 0.450 e. The molecule has 0 bridgehead atoms. The Kier molecular flexibility index (Phi) is 10.2. The number of rotatable bonds is 10. The topological polar surface area (TPSA) is 102 Å². The summed E-state index contributed by atoms with van der Waals surface area (Å²) in [7, 11) is 0. The molecule has 0 radical (unpaired) electrons. The third kappa shape index (κ3) is 10.7. The van der Waals surface area contributed by atoms with E-state index in [1.807, 2.05) is 0 Å². The Balaban J connectivity index is 2.76. The molecule has 0 aliphatic carbocycles. The number of alkyl halides is 3. The summed E-state index contributed by atoms with van der Waals surface area (Å²) >= 11 is 0.797. The Labute approximate surface area is 188 Å². The Morgan fingerprint density at radius 1 is 1.12 bits per heavy atom. The van der Waals surface area contributed by atoms with Crippen LogP contribution >= 0.6 is 11.8 Å². The lowest BCUT2D eigenvalue weighted by Gasteiger charge is -2.23. The van der Waals surface area contributed by atoms with E-state index in [2.05, 4.69) is 10.6 Å². The minimum atomic E-state index is -4.87. The van der Waals surface area contributed by atoms with Crippen molar-refractivity contribution in [3.05, 3.63) is 29.8 Å². The van der Waals surface area contributed by atoms with E-state index in [1.165, 1.54) is 13.0 Å². The number of hydrogen-bond donors (Lipinski definition) is 2. The monoisotopic (exact) mass is 476 g/mol. The van der Waals surface area contributed by atoms with Gasteiger partial charge < -0.3 is 15.4 Å². The lowest BCUT2D eigenvalue weighted by Crippen LogP contribution is -2.45. The highest BCUT2D eigenvalue weighted by atomic mass is 32.2. The van der Waals surface area contributed by atoms with Gasteiger partial charge in [-0.25, -0.2) is 4.79 Å². The zero-order valence-electron chi connectivity index (χ0n) is 18.3. The van der Waals surface area contributed by atoms with E-state index in [4.69, 9.17) is 4.74 Å². The number of benzene rings is 1. The lowest BCUT2D eigenvalue weighted by atomic mass is 10.1. The fraction of sp³-hybridized carbons (Fsp3) is 0.524. The van der Waals surface area contributed by atoms with Gasteiger partial charge in [-0.15, -0.1) is 0 Å². The van der Waals surface area contributed by atoms with Crippen LogP contribution in [0.3, 0.4) is 0 Å². The predicted octanol–water partition coefficient (Wildman–Crippen LogP) is 4.37. The van der Waals surface area contributed by atoms with Gasteiger partial charge >= 0.3 is 12.3 Å². The zero-order chi connectivity index (χ0) is 24.5. The molecule has 0 spiro atoms. The summed E-state index contributed by atoms with van der Waals surface area (Å²) in [6.07, 6.45) is -5.33. The SMILES string of the molecule is CC(=O)c1cccc(NC(=O)[C@H](CCCSCC(=O)C(F)(F)F)NC(=O)OC(C)(C)C)c1. The number of alkyl carbamates (subject to hydrolysis) is 1. The van der Waals surface area contributed by atoms with E-state index in [0.717, 1.165) is 11.8 Å². The van der Waals surface area contributed by atoms with Crippen molar-refractivity contribution in [1.82, 2.24) is 5.32 Å². The van der Waals surface area contributed by atoms with E-state index in [0.29, 0.717) is 11.3 Å². The molecule has 0 saturated carbocycles. The van der Waals surface area contributed by atoms with Crippen LogP contribution in [0.25, 0.3) is 0 Å². The normalized spacial score (nSPS) is 12.6. The first-order valence-corrected chi connectivity index (χ1v) is 10.9. The molecule has 1 aromatic rings. The first kappa shape index (κ1) is 27.5. The van der Waals surface area contributed by atoms with Crippen molar-refractivity contribution in [1.29, 1.82) is 0 Å². The molecule has 0 aliphatic heterocycles. The van der Waals surface area contributed by atoms with Crippen LogP contribution in [0.2, 0.25) is 0 Å². The molecule has 1 atom stereocenters. The molecule has 178 valence electrons. The molecule has 0 saturated heterocycles. The molecule has 2 N–H and O–H groups in total. The summed E-state index contributed by atoms with van der Waals surface area (Å²) in [5.74, 6) is -3.11. The molecule has 11 heteroatoms. The average molecular weight is 477 g/mol. The van der Waals surface area contributed by atoms with Crippen molar-refractivity contribution in [3.63, 3.8) is 0 Å². The summed E-state index contributed by atoms with van der Waals surface area (Å²) in [6, 6.07) is 5.21. The summed E-state index contributed by atoms with van der Waals surface area (Å²) in [6.45, 7) is 6.35. The number of anilines is 1. The molecule has 0 aromatic heterocycles. The van der Waals surface area contributed by atoms with Gasteiger partial charge in [-0.1, -0.05) is 12.1 Å². The summed E-state index contributed by atoms with van der Waals surface area (Å²) in [5, 5.41) is 5.07. The van der Waals surface area contributed by atoms with E-state index in [9.17, 15) is 32.3 Å².